The molecule has 2 amide bonds. The average molecular weight is 407 g/mol. The molecule has 1 saturated heterocycles. The molecule has 0 bridgehead atoms. The summed E-state index contributed by atoms with van der Waals surface area (Å²) in [6.45, 7) is 4.88. The van der Waals surface area contributed by atoms with Crippen LogP contribution in [0, 0.1) is 17.7 Å². The zero-order valence-corrected chi connectivity index (χ0v) is 17.6. The number of hydrogen-bond acceptors (Lipinski definition) is 3. The topological polar surface area (TPSA) is 49.4 Å². The SMILES string of the molecule is CC(C)CCNC(=O)C1CSC(C2CCCCC2)N1C(=O)c1ccc(F)cc1. The molecule has 6 heteroatoms. The first-order valence-corrected chi connectivity index (χ1v) is 11.5. The van der Waals surface area contributed by atoms with E-state index < -0.39 is 6.04 Å². The molecule has 0 spiro atoms. The highest BCUT2D eigenvalue weighted by Gasteiger charge is 2.45. The molecule has 154 valence electrons. The molecule has 1 aliphatic carbocycles. The fraction of sp³-hybridized carbons (Fsp3) is 0.636. The normalized spacial score (nSPS) is 23.2. The van der Waals surface area contributed by atoms with Crippen molar-refractivity contribution >= 4 is 23.6 Å². The van der Waals surface area contributed by atoms with Gasteiger partial charge in [0.15, 0.2) is 0 Å². The van der Waals surface area contributed by atoms with Gasteiger partial charge in [-0.1, -0.05) is 33.1 Å². The van der Waals surface area contributed by atoms with Crippen LogP contribution >= 0.6 is 11.8 Å². The molecule has 2 fully saturated rings. The van der Waals surface area contributed by atoms with E-state index in [1.807, 2.05) is 0 Å². The Hall–Kier alpha value is -1.56. The van der Waals surface area contributed by atoms with E-state index in [9.17, 15) is 14.0 Å². The van der Waals surface area contributed by atoms with Crippen LogP contribution in [0.25, 0.3) is 0 Å². The Bertz CT molecular complexity index is 674. The molecule has 0 aromatic heterocycles. The molecule has 0 radical (unpaired) electrons. The fourth-order valence-corrected chi connectivity index (χ4v) is 5.75. The molecule has 4 nitrogen and oxygen atoms in total. The summed E-state index contributed by atoms with van der Waals surface area (Å²) in [6.07, 6.45) is 6.75. The zero-order valence-electron chi connectivity index (χ0n) is 16.8. The lowest BCUT2D eigenvalue weighted by Crippen LogP contribution is -2.51. The highest BCUT2D eigenvalue weighted by molar-refractivity contribution is 8.00. The van der Waals surface area contributed by atoms with Crippen molar-refractivity contribution in [3.63, 3.8) is 0 Å². The van der Waals surface area contributed by atoms with Gasteiger partial charge in [-0.2, -0.15) is 0 Å². The highest BCUT2D eigenvalue weighted by atomic mass is 32.2. The van der Waals surface area contributed by atoms with Crippen LogP contribution in [0.15, 0.2) is 24.3 Å². The van der Waals surface area contributed by atoms with Crippen molar-refractivity contribution in [1.29, 1.82) is 0 Å². The predicted octanol–water partition coefficient (Wildman–Crippen LogP) is 4.45. The number of carbonyl (C=O) groups excluding carboxylic acids is 2. The van der Waals surface area contributed by atoms with Crippen molar-refractivity contribution in [1.82, 2.24) is 10.2 Å². The van der Waals surface area contributed by atoms with E-state index in [1.165, 1.54) is 43.5 Å². The first-order valence-electron chi connectivity index (χ1n) is 10.4. The molecule has 28 heavy (non-hydrogen) atoms. The van der Waals surface area contributed by atoms with Crippen molar-refractivity contribution < 1.29 is 14.0 Å². The molecule has 1 N–H and O–H groups in total. The van der Waals surface area contributed by atoms with Crippen molar-refractivity contribution in [2.75, 3.05) is 12.3 Å². The van der Waals surface area contributed by atoms with Gasteiger partial charge in [0.2, 0.25) is 5.91 Å². The van der Waals surface area contributed by atoms with Crippen molar-refractivity contribution in [2.45, 2.75) is 63.8 Å². The number of thioether (sulfide) groups is 1. The first kappa shape index (κ1) is 21.2. The number of nitrogens with one attached hydrogen (secondary N) is 1. The zero-order chi connectivity index (χ0) is 20.1. The van der Waals surface area contributed by atoms with Gasteiger partial charge >= 0.3 is 0 Å². The van der Waals surface area contributed by atoms with Crippen LogP contribution in [-0.4, -0.2) is 40.4 Å². The third kappa shape index (κ3) is 5.07. The molecule has 1 aromatic rings. The molecule has 3 rings (SSSR count). The van der Waals surface area contributed by atoms with Gasteiger partial charge in [-0.25, -0.2) is 4.39 Å². The van der Waals surface area contributed by atoms with Crippen LogP contribution < -0.4 is 5.32 Å². The van der Waals surface area contributed by atoms with Gasteiger partial charge in [-0.15, -0.1) is 11.8 Å². The van der Waals surface area contributed by atoms with Gasteiger partial charge in [-0.3, -0.25) is 9.59 Å². The monoisotopic (exact) mass is 406 g/mol. The summed E-state index contributed by atoms with van der Waals surface area (Å²) in [6, 6.07) is 5.20. The highest BCUT2D eigenvalue weighted by Crippen LogP contribution is 2.41. The number of hydrogen-bond donors (Lipinski definition) is 1. The van der Waals surface area contributed by atoms with Crippen LogP contribution in [-0.2, 0) is 4.79 Å². The average Bonchev–Trinajstić information content (AvgIpc) is 3.13. The second-order valence-corrected chi connectivity index (χ2v) is 9.48. The van der Waals surface area contributed by atoms with Crippen molar-refractivity contribution in [2.24, 2.45) is 11.8 Å². The van der Waals surface area contributed by atoms with Gasteiger partial charge in [0.05, 0.1) is 5.37 Å². The van der Waals surface area contributed by atoms with E-state index in [4.69, 9.17) is 0 Å². The maximum absolute atomic E-state index is 13.3. The molecule has 2 unspecified atom stereocenters. The Labute approximate surface area is 171 Å². The Morgan fingerprint density at radius 3 is 2.50 bits per heavy atom. The summed E-state index contributed by atoms with van der Waals surface area (Å²) in [5, 5.41) is 3.05. The third-order valence-corrected chi connectivity index (χ3v) is 7.20. The Kier molecular flexibility index (Phi) is 7.38. The lowest BCUT2D eigenvalue weighted by atomic mass is 9.88. The molecule has 1 heterocycles. The second-order valence-electron chi connectivity index (χ2n) is 8.33. The van der Waals surface area contributed by atoms with Crippen LogP contribution in [0.1, 0.15) is 62.7 Å². The summed E-state index contributed by atoms with van der Waals surface area (Å²) in [4.78, 5) is 28.0. The Balaban J connectivity index is 1.78. The van der Waals surface area contributed by atoms with Crippen molar-refractivity contribution in [3.05, 3.63) is 35.6 Å². The van der Waals surface area contributed by atoms with E-state index in [0.29, 0.717) is 29.7 Å². The lowest BCUT2D eigenvalue weighted by molar-refractivity contribution is -0.125. The van der Waals surface area contributed by atoms with Gasteiger partial charge in [0, 0.05) is 17.9 Å². The van der Waals surface area contributed by atoms with E-state index >= 15 is 0 Å². The van der Waals surface area contributed by atoms with Gasteiger partial charge in [0.1, 0.15) is 11.9 Å². The van der Waals surface area contributed by atoms with Crippen LogP contribution in [0.2, 0.25) is 0 Å². The maximum Gasteiger partial charge on any atom is 0.255 e. The van der Waals surface area contributed by atoms with E-state index in [2.05, 4.69) is 19.2 Å². The molecule has 1 aromatic carbocycles. The molecule has 1 aliphatic heterocycles. The van der Waals surface area contributed by atoms with Gasteiger partial charge in [0.25, 0.3) is 5.91 Å². The van der Waals surface area contributed by atoms with Crippen LogP contribution in [0.3, 0.4) is 0 Å². The molecular formula is C22H31FN2O2S. The number of benzene rings is 1. The number of halogens is 1. The summed E-state index contributed by atoms with van der Waals surface area (Å²) in [5.74, 6) is 0.981. The molecular weight excluding hydrogens is 375 g/mol. The number of rotatable bonds is 6. The Morgan fingerprint density at radius 2 is 1.86 bits per heavy atom. The maximum atomic E-state index is 13.3. The van der Waals surface area contributed by atoms with E-state index in [-0.39, 0.29) is 23.0 Å². The second kappa shape index (κ2) is 9.77. The molecule has 2 atom stereocenters. The quantitative estimate of drug-likeness (QED) is 0.759. The van der Waals surface area contributed by atoms with Crippen LogP contribution in [0.5, 0.6) is 0 Å². The summed E-state index contributed by atoms with van der Waals surface area (Å²) in [7, 11) is 0. The molecule has 1 saturated carbocycles. The number of nitrogens with zero attached hydrogens (tertiary/aromatic N) is 1. The van der Waals surface area contributed by atoms with E-state index in [0.717, 1.165) is 19.3 Å². The standard InChI is InChI=1S/C22H31FN2O2S/c1-15(2)12-13-24-20(26)19-14-28-22(17-6-4-3-5-7-17)25(19)21(27)16-8-10-18(23)11-9-16/h8-11,15,17,19,22H,3-7,12-14H2,1-2H3,(H,24,26). The van der Waals surface area contributed by atoms with Gasteiger partial charge < -0.3 is 10.2 Å². The summed E-state index contributed by atoms with van der Waals surface area (Å²) >= 11 is 1.73. The smallest absolute Gasteiger partial charge is 0.255 e. The largest absolute Gasteiger partial charge is 0.354 e. The van der Waals surface area contributed by atoms with Gasteiger partial charge in [-0.05, 0) is 55.4 Å². The summed E-state index contributed by atoms with van der Waals surface area (Å²) in [5.41, 5.74) is 0.449. The molecule has 2 aliphatic rings. The minimum absolute atomic E-state index is 0.0266. The third-order valence-electron chi connectivity index (χ3n) is 5.74. The van der Waals surface area contributed by atoms with Crippen LogP contribution in [0.4, 0.5) is 4.39 Å². The number of amides is 2. The lowest BCUT2D eigenvalue weighted by Gasteiger charge is -2.35. The first-order chi connectivity index (χ1) is 13.5. The summed E-state index contributed by atoms with van der Waals surface area (Å²) < 4.78 is 13.3. The fourth-order valence-electron chi connectivity index (χ4n) is 4.11. The Morgan fingerprint density at radius 1 is 1.18 bits per heavy atom. The predicted molar refractivity (Wildman–Crippen MR) is 112 cm³/mol. The minimum Gasteiger partial charge on any atom is -0.354 e. The number of carbonyl (C=O) groups is 2. The van der Waals surface area contributed by atoms with E-state index in [1.54, 1.807) is 16.7 Å². The van der Waals surface area contributed by atoms with Crippen molar-refractivity contribution in [3.8, 4) is 0 Å². The minimum atomic E-state index is -0.457.